The van der Waals surface area contributed by atoms with Gasteiger partial charge in [-0.25, -0.2) is 13.2 Å². The first-order valence-corrected chi connectivity index (χ1v) is 10.4. The molecule has 0 radical (unpaired) electrons. The third-order valence-electron chi connectivity index (χ3n) is 2.86. The maximum Gasteiger partial charge on any atom is 0.367 e. The summed E-state index contributed by atoms with van der Waals surface area (Å²) in [6.07, 6.45) is 1.51. The summed E-state index contributed by atoms with van der Waals surface area (Å²) in [6, 6.07) is -1.07. The number of methoxy groups -OCH3 is 1. The van der Waals surface area contributed by atoms with Crippen LogP contribution in [0.5, 0.6) is 6.01 Å². The number of hydroxylamine groups is 2. The number of ether oxygens (including phenoxy) is 1. The van der Waals surface area contributed by atoms with Gasteiger partial charge in [-0.3, -0.25) is 10.2 Å². The summed E-state index contributed by atoms with van der Waals surface area (Å²) in [4.78, 5) is 28.6. The number of anilines is 1. The predicted molar refractivity (Wildman–Crippen MR) is 97.8 cm³/mol. The molecule has 0 aromatic carbocycles. The summed E-state index contributed by atoms with van der Waals surface area (Å²) >= 11 is 6.49. The van der Waals surface area contributed by atoms with Gasteiger partial charge in [-0.05, 0) is 13.0 Å². The van der Waals surface area contributed by atoms with E-state index in [0.717, 1.165) is 11.8 Å². The maximum absolute atomic E-state index is 12.3. The second-order valence-electron chi connectivity index (χ2n) is 4.80. The van der Waals surface area contributed by atoms with Gasteiger partial charge in [0.05, 0.1) is 13.7 Å². The molecular weight excluding hydrogens is 422 g/mol. The molecule has 15 heteroatoms. The number of hydrogen-bond donors (Lipinski definition) is 1. The summed E-state index contributed by atoms with van der Waals surface area (Å²) in [5.41, 5.74) is 1.26. The molecule has 1 fully saturated rings. The van der Waals surface area contributed by atoms with Crippen molar-refractivity contribution in [2.45, 2.75) is 11.6 Å². The molecule has 1 aliphatic rings. The van der Waals surface area contributed by atoms with Crippen LogP contribution in [0.3, 0.4) is 0 Å². The van der Waals surface area contributed by atoms with Crippen molar-refractivity contribution in [1.82, 2.24) is 20.0 Å². The average Bonchev–Trinajstić information content (AvgIpc) is 3.09. The van der Waals surface area contributed by atoms with Crippen molar-refractivity contribution >= 4 is 45.4 Å². The van der Waals surface area contributed by atoms with Crippen LogP contribution < -0.4 is 10.1 Å². The van der Waals surface area contributed by atoms with Crippen LogP contribution in [0, 0.1) is 6.92 Å². The standard InChI is InChI=1S/C12H16ClN7O5S2/c1-8-14-9(17-11(15-8)24-2)16-10(21)18-19-27(22,23)12-20(5-7-26-12)25-6-3-4-13/h3-4,12H,5-7H2,1-2H3,(H,14,15,16,17,21). The molecular formula is C12H16ClN7O5S2. The van der Waals surface area contributed by atoms with E-state index in [0.29, 0.717) is 18.1 Å². The minimum absolute atomic E-state index is 0.0106. The smallest absolute Gasteiger partial charge is 0.367 e. The van der Waals surface area contributed by atoms with Crippen LogP contribution in [0.1, 0.15) is 5.82 Å². The number of thioether (sulfide) groups is 1. The Balaban J connectivity index is 2.02. The lowest BCUT2D eigenvalue weighted by molar-refractivity contribution is -0.132. The molecule has 1 aliphatic heterocycles. The van der Waals surface area contributed by atoms with Crippen LogP contribution in [-0.4, -0.2) is 65.2 Å². The number of carbonyl (C=O) groups is 1. The SMILES string of the molecule is COc1nc(C)nc(NC(=O)N=NS(=O)(=O)C2SCCN2OCC=CCl)n1. The molecule has 1 N–H and O–H groups in total. The van der Waals surface area contributed by atoms with Crippen molar-refractivity contribution in [3.8, 4) is 6.01 Å². The summed E-state index contributed by atoms with van der Waals surface area (Å²) < 4.78 is 31.5. The highest BCUT2D eigenvalue weighted by molar-refractivity contribution is 8.13. The Kier molecular flexibility index (Phi) is 7.85. The Morgan fingerprint density at radius 2 is 2.26 bits per heavy atom. The van der Waals surface area contributed by atoms with E-state index in [-0.39, 0.29) is 18.6 Å². The lowest BCUT2D eigenvalue weighted by Crippen LogP contribution is -2.34. The van der Waals surface area contributed by atoms with E-state index >= 15 is 0 Å². The molecule has 0 saturated carbocycles. The minimum atomic E-state index is -4.13. The second kappa shape index (κ2) is 9.89. The van der Waals surface area contributed by atoms with E-state index < -0.39 is 20.8 Å². The average molecular weight is 438 g/mol. The second-order valence-corrected chi connectivity index (χ2v) is 8.17. The Morgan fingerprint density at radius 3 is 2.96 bits per heavy atom. The molecule has 0 aliphatic carbocycles. The Hall–Kier alpha value is -1.87. The van der Waals surface area contributed by atoms with E-state index in [4.69, 9.17) is 21.2 Å². The molecule has 0 bridgehead atoms. The molecule has 27 heavy (non-hydrogen) atoms. The largest absolute Gasteiger partial charge is 0.467 e. The fraction of sp³-hybridized carbons (Fsp3) is 0.500. The Bertz CT molecular complexity index is 835. The molecule has 2 amide bonds. The first kappa shape index (κ1) is 21.4. The van der Waals surface area contributed by atoms with Gasteiger partial charge in [0.15, 0.2) is 0 Å². The van der Waals surface area contributed by atoms with Crippen molar-refractivity contribution in [2.75, 3.05) is 31.3 Å². The molecule has 1 atom stereocenters. The molecule has 1 aromatic heterocycles. The van der Waals surface area contributed by atoms with Gasteiger partial charge in [-0.15, -0.1) is 11.8 Å². The van der Waals surface area contributed by atoms with Gasteiger partial charge >= 0.3 is 12.0 Å². The zero-order chi connectivity index (χ0) is 19.9. The zero-order valence-electron chi connectivity index (χ0n) is 14.3. The predicted octanol–water partition coefficient (Wildman–Crippen LogP) is 1.52. The van der Waals surface area contributed by atoms with Crippen LogP contribution in [0.4, 0.5) is 10.7 Å². The Morgan fingerprint density at radius 1 is 1.48 bits per heavy atom. The number of halogens is 1. The van der Waals surface area contributed by atoms with Crippen molar-refractivity contribution in [1.29, 1.82) is 0 Å². The number of hydrogen-bond acceptors (Lipinski definition) is 10. The summed E-state index contributed by atoms with van der Waals surface area (Å²) in [5.74, 6) is 0.664. The molecule has 148 valence electrons. The van der Waals surface area contributed by atoms with Crippen molar-refractivity contribution < 1.29 is 22.8 Å². The number of aromatic nitrogens is 3. The summed E-state index contributed by atoms with van der Waals surface area (Å²) in [6.45, 7) is 2.04. The van der Waals surface area contributed by atoms with Crippen molar-refractivity contribution in [2.24, 2.45) is 9.63 Å². The fourth-order valence-corrected chi connectivity index (χ4v) is 4.54. The number of urea groups is 1. The van der Waals surface area contributed by atoms with E-state index in [2.05, 4.69) is 29.9 Å². The fourth-order valence-electron chi connectivity index (χ4n) is 1.83. The highest BCUT2D eigenvalue weighted by Gasteiger charge is 2.37. The monoisotopic (exact) mass is 437 g/mol. The van der Waals surface area contributed by atoms with E-state index in [1.165, 1.54) is 23.8 Å². The van der Waals surface area contributed by atoms with Crippen LogP contribution in [0.15, 0.2) is 21.2 Å². The van der Waals surface area contributed by atoms with Crippen molar-refractivity contribution in [3.05, 3.63) is 17.4 Å². The van der Waals surface area contributed by atoms with Gasteiger partial charge in [-0.1, -0.05) is 21.2 Å². The normalized spacial score (nSPS) is 18.4. The third-order valence-corrected chi connectivity index (χ3v) is 6.17. The van der Waals surface area contributed by atoms with Crippen LogP contribution in [-0.2, 0) is 14.9 Å². The third kappa shape index (κ3) is 6.35. The lowest BCUT2D eigenvalue weighted by atomic mass is 10.7. The van der Waals surface area contributed by atoms with Crippen LogP contribution in [0.2, 0.25) is 0 Å². The van der Waals surface area contributed by atoms with Gasteiger partial charge in [0.2, 0.25) is 10.7 Å². The number of amides is 2. The first-order valence-electron chi connectivity index (χ1n) is 7.36. The minimum Gasteiger partial charge on any atom is -0.467 e. The van der Waals surface area contributed by atoms with Crippen molar-refractivity contribution in [3.63, 3.8) is 0 Å². The summed E-state index contributed by atoms with van der Waals surface area (Å²) in [7, 11) is -2.78. The molecule has 2 heterocycles. The summed E-state index contributed by atoms with van der Waals surface area (Å²) in [5, 5.41) is 6.60. The van der Waals surface area contributed by atoms with E-state index in [9.17, 15) is 13.2 Å². The quantitative estimate of drug-likeness (QED) is 0.622. The first-order chi connectivity index (χ1) is 12.9. The number of aryl methyl sites for hydroxylation is 1. The number of rotatable bonds is 7. The Labute approximate surface area is 164 Å². The van der Waals surface area contributed by atoms with Crippen LogP contribution in [0.25, 0.3) is 0 Å². The molecule has 1 saturated heterocycles. The number of carbonyl (C=O) groups excluding carboxylic acids is 1. The highest BCUT2D eigenvalue weighted by Crippen LogP contribution is 2.29. The molecule has 1 aromatic rings. The van der Waals surface area contributed by atoms with Gasteiger partial charge in [0.1, 0.15) is 5.82 Å². The molecule has 0 spiro atoms. The van der Waals surface area contributed by atoms with Gasteiger partial charge < -0.3 is 4.74 Å². The molecule has 1 unspecified atom stereocenters. The highest BCUT2D eigenvalue weighted by atomic mass is 35.5. The molecule has 12 nitrogen and oxygen atoms in total. The van der Waals surface area contributed by atoms with Gasteiger partial charge in [-0.2, -0.15) is 20.0 Å². The maximum atomic E-state index is 12.3. The lowest BCUT2D eigenvalue weighted by Gasteiger charge is -2.19. The number of sulfonamides is 1. The number of nitrogens with zero attached hydrogens (tertiary/aromatic N) is 6. The molecule has 2 rings (SSSR count). The number of nitrogens with one attached hydrogen (secondary N) is 1. The van der Waals surface area contributed by atoms with Gasteiger partial charge in [0.25, 0.3) is 10.0 Å². The van der Waals surface area contributed by atoms with E-state index in [1.807, 2.05) is 0 Å². The van der Waals surface area contributed by atoms with Crippen LogP contribution >= 0.6 is 23.4 Å². The zero-order valence-corrected chi connectivity index (χ0v) is 16.7. The topological polar surface area (TPSA) is 148 Å². The van der Waals surface area contributed by atoms with Gasteiger partial charge in [0, 0.05) is 17.8 Å². The van der Waals surface area contributed by atoms with E-state index in [1.54, 1.807) is 6.92 Å².